The number of hydrogen-bond acceptors (Lipinski definition) is 7. The molecule has 1 aromatic heterocycles. The topological polar surface area (TPSA) is 172 Å². The second kappa shape index (κ2) is 12.8. The molecule has 1 saturated carbocycles. The van der Waals surface area contributed by atoms with Crippen molar-refractivity contribution in [3.63, 3.8) is 0 Å². The molecule has 13 heteroatoms. The van der Waals surface area contributed by atoms with E-state index in [9.17, 15) is 32.8 Å². The summed E-state index contributed by atoms with van der Waals surface area (Å²) in [5.41, 5.74) is 5.67. The smallest absolute Gasteiger partial charge is 0.323 e. The number of fused-ring (bicyclic) bond motifs is 1. The first kappa shape index (κ1) is 30.1. The summed E-state index contributed by atoms with van der Waals surface area (Å²) in [5.74, 6) is -5.20. The minimum Gasteiger partial charge on any atom is -0.456 e. The number of ketones is 1. The van der Waals surface area contributed by atoms with Crippen LogP contribution in [-0.2, 0) is 23.9 Å². The Balaban J connectivity index is 1.47. The maximum Gasteiger partial charge on any atom is 0.323 e. The van der Waals surface area contributed by atoms with Crippen LogP contribution in [0.1, 0.15) is 56.4 Å². The molecule has 3 amide bonds. The maximum absolute atomic E-state index is 14.1. The molecule has 222 valence electrons. The van der Waals surface area contributed by atoms with Crippen molar-refractivity contribution in [1.29, 1.82) is 0 Å². The molecule has 2 heterocycles. The summed E-state index contributed by atoms with van der Waals surface area (Å²) in [6.07, 6.45) is 2.49. The first-order chi connectivity index (χ1) is 19.4. The molecular weight excluding hydrogens is 540 g/mol. The average Bonchev–Trinajstić information content (AvgIpc) is 3.48. The molecule has 0 radical (unpaired) electrons. The first-order valence-corrected chi connectivity index (χ1v) is 13.7. The Bertz CT molecular complexity index is 1340. The number of carbonyl (C=O) groups is 5. The number of nitrogens with two attached hydrogens (primary N) is 1. The summed E-state index contributed by atoms with van der Waals surface area (Å²) in [7, 11) is 0. The summed E-state index contributed by atoms with van der Waals surface area (Å²) in [6, 6.07) is -0.0834. The third kappa shape index (κ3) is 7.66. The number of H-pyrrole nitrogens is 1. The van der Waals surface area contributed by atoms with E-state index >= 15 is 0 Å². The second-order valence-electron chi connectivity index (χ2n) is 11.2. The van der Waals surface area contributed by atoms with Crippen molar-refractivity contribution in [1.82, 2.24) is 20.9 Å². The fourth-order valence-electron chi connectivity index (χ4n) is 4.75. The normalized spacial score (nSPS) is 19.0. The Labute approximate surface area is 235 Å². The van der Waals surface area contributed by atoms with Gasteiger partial charge < -0.3 is 31.4 Å². The fraction of sp³-hybridized carbons (Fsp3) is 0.536. The van der Waals surface area contributed by atoms with E-state index in [-0.39, 0.29) is 40.8 Å². The molecule has 4 atom stereocenters. The van der Waals surface area contributed by atoms with Gasteiger partial charge in [0.2, 0.25) is 11.8 Å². The lowest BCUT2D eigenvalue weighted by Crippen LogP contribution is -2.53. The van der Waals surface area contributed by atoms with Gasteiger partial charge in [0, 0.05) is 23.9 Å². The summed E-state index contributed by atoms with van der Waals surface area (Å²) in [6.45, 7) is 3.25. The van der Waals surface area contributed by atoms with E-state index in [2.05, 4.69) is 20.9 Å². The summed E-state index contributed by atoms with van der Waals surface area (Å²) in [5, 5.41) is 8.13. The monoisotopic (exact) mass is 575 g/mol. The van der Waals surface area contributed by atoms with Crippen molar-refractivity contribution in [3.05, 3.63) is 35.5 Å². The van der Waals surface area contributed by atoms with Crippen molar-refractivity contribution in [2.24, 2.45) is 23.5 Å². The molecule has 11 nitrogen and oxygen atoms in total. The largest absolute Gasteiger partial charge is 0.456 e. The second-order valence-corrected chi connectivity index (χ2v) is 11.2. The van der Waals surface area contributed by atoms with Crippen molar-refractivity contribution >= 4 is 40.4 Å². The van der Waals surface area contributed by atoms with Gasteiger partial charge in [0.05, 0.1) is 11.6 Å². The van der Waals surface area contributed by atoms with Gasteiger partial charge in [-0.05, 0) is 43.2 Å². The number of hydrogen-bond donors (Lipinski definition) is 5. The van der Waals surface area contributed by atoms with Gasteiger partial charge in [-0.3, -0.25) is 24.0 Å². The lowest BCUT2D eigenvalue weighted by Gasteiger charge is -2.24. The van der Waals surface area contributed by atoms with Crippen molar-refractivity contribution in [2.75, 3.05) is 13.2 Å². The van der Waals surface area contributed by atoms with E-state index in [1.165, 1.54) is 6.07 Å². The third-order valence-electron chi connectivity index (χ3n) is 7.51. The van der Waals surface area contributed by atoms with Crippen LogP contribution < -0.4 is 21.7 Å². The number of amides is 3. The number of ether oxygens (including phenoxy) is 1. The molecular formula is C28H35F2N5O6. The lowest BCUT2D eigenvalue weighted by atomic mass is 9.95. The van der Waals surface area contributed by atoms with Gasteiger partial charge in [-0.15, -0.1) is 0 Å². The number of Topliss-reactive ketones (excluding diaryl/α,β-unsaturated/α-hetero) is 1. The predicted molar refractivity (Wildman–Crippen MR) is 143 cm³/mol. The first-order valence-electron chi connectivity index (χ1n) is 13.7. The molecule has 2 fully saturated rings. The van der Waals surface area contributed by atoms with Crippen LogP contribution in [0.4, 0.5) is 8.78 Å². The van der Waals surface area contributed by atoms with Gasteiger partial charge in [-0.25, -0.2) is 8.78 Å². The molecule has 2 aliphatic rings. The van der Waals surface area contributed by atoms with Crippen LogP contribution in [0, 0.1) is 29.4 Å². The van der Waals surface area contributed by atoms with E-state index in [1.54, 1.807) is 13.8 Å². The Kier molecular flexibility index (Phi) is 9.36. The van der Waals surface area contributed by atoms with Crippen molar-refractivity contribution < 1.29 is 37.5 Å². The number of nitrogens with one attached hydrogen (secondary N) is 4. The lowest BCUT2D eigenvalue weighted by molar-refractivity contribution is -0.151. The molecule has 3 unspecified atom stereocenters. The van der Waals surface area contributed by atoms with Gasteiger partial charge in [-0.1, -0.05) is 26.7 Å². The summed E-state index contributed by atoms with van der Waals surface area (Å²) >= 11 is 0. The molecule has 1 aliphatic heterocycles. The Morgan fingerprint density at radius 2 is 1.78 bits per heavy atom. The number of carbonyl (C=O) groups excluding carboxylic acids is 5. The summed E-state index contributed by atoms with van der Waals surface area (Å²) in [4.78, 5) is 66.6. The van der Waals surface area contributed by atoms with Gasteiger partial charge in [-0.2, -0.15) is 0 Å². The highest BCUT2D eigenvalue weighted by Crippen LogP contribution is 2.34. The number of aromatic nitrogens is 1. The van der Waals surface area contributed by atoms with Gasteiger partial charge >= 0.3 is 5.97 Å². The van der Waals surface area contributed by atoms with Crippen LogP contribution in [-0.4, -0.2) is 65.7 Å². The van der Waals surface area contributed by atoms with Crippen LogP contribution in [0.5, 0.6) is 0 Å². The average molecular weight is 576 g/mol. The number of esters is 1. The van der Waals surface area contributed by atoms with Gasteiger partial charge in [0.25, 0.3) is 5.91 Å². The molecule has 2 aromatic rings. The van der Waals surface area contributed by atoms with E-state index in [0.29, 0.717) is 25.5 Å². The van der Waals surface area contributed by atoms with Crippen LogP contribution in [0.15, 0.2) is 18.2 Å². The molecule has 1 aromatic carbocycles. The Morgan fingerprint density at radius 1 is 1.05 bits per heavy atom. The Hall–Kier alpha value is -3.87. The highest BCUT2D eigenvalue weighted by molar-refractivity contribution is 6.01. The number of halogens is 2. The summed E-state index contributed by atoms with van der Waals surface area (Å²) < 4.78 is 32.8. The molecule has 6 N–H and O–H groups in total. The zero-order valence-electron chi connectivity index (χ0n) is 22.9. The molecule has 1 saturated heterocycles. The molecule has 0 bridgehead atoms. The van der Waals surface area contributed by atoms with E-state index in [0.717, 1.165) is 18.9 Å². The van der Waals surface area contributed by atoms with Crippen molar-refractivity contribution in [2.45, 2.75) is 64.1 Å². The van der Waals surface area contributed by atoms with E-state index < -0.39 is 65.9 Å². The molecule has 0 spiro atoms. The van der Waals surface area contributed by atoms with Crippen molar-refractivity contribution in [3.8, 4) is 0 Å². The number of aromatic amines is 1. The van der Waals surface area contributed by atoms with Gasteiger partial charge in [0.15, 0.2) is 12.4 Å². The van der Waals surface area contributed by atoms with E-state index in [1.807, 2.05) is 0 Å². The third-order valence-corrected chi connectivity index (χ3v) is 7.51. The van der Waals surface area contributed by atoms with Crippen LogP contribution in [0.3, 0.4) is 0 Å². The zero-order valence-corrected chi connectivity index (χ0v) is 22.9. The Morgan fingerprint density at radius 3 is 2.41 bits per heavy atom. The fourth-order valence-corrected chi connectivity index (χ4v) is 4.75. The SMILES string of the molecule is CC(C)C(N)C(=O)OCC(=O)C(C[C@@H]1CCNC1=O)NC(=O)C(CC1CC1)NC(=O)c1cc2cc(F)cc(F)c2[nH]1. The minimum atomic E-state index is -1.16. The van der Waals surface area contributed by atoms with Crippen LogP contribution in [0.2, 0.25) is 0 Å². The van der Waals surface area contributed by atoms with Crippen LogP contribution >= 0.6 is 0 Å². The number of benzene rings is 1. The van der Waals surface area contributed by atoms with Crippen LogP contribution in [0.25, 0.3) is 10.9 Å². The van der Waals surface area contributed by atoms with E-state index in [4.69, 9.17) is 10.5 Å². The highest BCUT2D eigenvalue weighted by atomic mass is 19.1. The predicted octanol–water partition coefficient (Wildman–Crippen LogP) is 1.45. The molecule has 41 heavy (non-hydrogen) atoms. The standard InChI is InChI=1S/C28H35F2N5O6/c1-13(2)23(31)28(40)41-12-22(36)19(9-15-5-6-32-25(15)37)34-26(38)20(7-14-3-4-14)35-27(39)21-10-16-8-17(29)11-18(30)24(16)33-21/h8,10-11,13-15,19-20,23,33H,3-7,9,12,31H2,1-2H3,(H,32,37)(H,34,38)(H,35,39)/t15-,19?,20?,23?/m0/s1. The maximum atomic E-state index is 14.1. The highest BCUT2D eigenvalue weighted by Gasteiger charge is 2.36. The van der Waals surface area contributed by atoms with Gasteiger partial charge in [0.1, 0.15) is 29.4 Å². The minimum absolute atomic E-state index is 0.0128. The molecule has 4 rings (SSSR count). The quantitative estimate of drug-likeness (QED) is 0.225. The zero-order chi connectivity index (χ0) is 29.8. The number of rotatable bonds is 13. The molecule has 1 aliphatic carbocycles.